The lowest BCUT2D eigenvalue weighted by Crippen LogP contribution is -2.55. The predicted molar refractivity (Wildman–Crippen MR) is 110 cm³/mol. The van der Waals surface area contributed by atoms with Crippen molar-refractivity contribution in [3.05, 3.63) is 34.9 Å². The van der Waals surface area contributed by atoms with Crippen LogP contribution in [0.4, 0.5) is 0 Å². The van der Waals surface area contributed by atoms with Gasteiger partial charge in [-0.05, 0) is 31.4 Å². The topological polar surface area (TPSA) is 61.4 Å². The molecule has 1 saturated carbocycles. The maximum Gasteiger partial charge on any atom is 0.245 e. The van der Waals surface area contributed by atoms with E-state index in [9.17, 15) is 9.59 Å². The number of piperazine rings is 1. The van der Waals surface area contributed by atoms with Crippen LogP contribution in [0.25, 0.3) is 0 Å². The predicted octanol–water partition coefficient (Wildman–Crippen LogP) is 3.32. The van der Waals surface area contributed by atoms with Gasteiger partial charge in [0.2, 0.25) is 11.8 Å². The molecular weight excluding hydrogens is 385 g/mol. The van der Waals surface area contributed by atoms with Crippen molar-refractivity contribution < 1.29 is 9.59 Å². The fraction of sp³-hybridized carbons (Fsp3) is 0.600. The Kier molecular flexibility index (Phi) is 8.39. The zero-order chi connectivity index (χ0) is 18.5. The summed E-state index contributed by atoms with van der Waals surface area (Å²) in [5.41, 5.74) is 0.945. The lowest BCUT2D eigenvalue weighted by atomic mass is 9.88. The minimum absolute atomic E-state index is 0. The highest BCUT2D eigenvalue weighted by Crippen LogP contribution is 2.29. The molecular formula is C20H29Cl2N3O2. The van der Waals surface area contributed by atoms with Crippen LogP contribution in [0.3, 0.4) is 0 Å². The summed E-state index contributed by atoms with van der Waals surface area (Å²) in [6.07, 6.45) is 5.28. The molecule has 0 radical (unpaired) electrons. The van der Waals surface area contributed by atoms with Crippen molar-refractivity contribution >= 4 is 35.8 Å². The van der Waals surface area contributed by atoms with Crippen molar-refractivity contribution in [3.63, 3.8) is 0 Å². The summed E-state index contributed by atoms with van der Waals surface area (Å²) in [6, 6.07) is 7.01. The van der Waals surface area contributed by atoms with E-state index in [0.29, 0.717) is 18.1 Å². The summed E-state index contributed by atoms with van der Waals surface area (Å²) in [7, 11) is 0. The van der Waals surface area contributed by atoms with E-state index < -0.39 is 6.04 Å². The highest BCUT2D eigenvalue weighted by atomic mass is 35.5. The number of rotatable bonds is 4. The number of halogens is 2. The molecule has 1 heterocycles. The molecule has 150 valence electrons. The minimum atomic E-state index is -0.521. The standard InChI is InChI=1S/C20H28ClN3O2.ClH/c1-14(23-19(25)15-7-3-2-4-8-15)20(26)24-12-11-22-13-18(24)16-9-5-6-10-17(16)21;/h5-6,9-10,14-15,18,22H,2-4,7-8,11-13H2,1H3,(H,23,25);1H/t14-,18?;/m0./s1. The van der Waals surface area contributed by atoms with Gasteiger partial charge < -0.3 is 15.5 Å². The second-order valence-corrected chi connectivity index (χ2v) is 7.75. The Morgan fingerprint density at radius 3 is 2.63 bits per heavy atom. The summed E-state index contributed by atoms with van der Waals surface area (Å²) in [4.78, 5) is 27.4. The van der Waals surface area contributed by atoms with Crippen molar-refractivity contribution in [2.24, 2.45) is 5.92 Å². The Hall–Kier alpha value is -1.30. The third-order valence-corrected chi connectivity index (χ3v) is 5.84. The minimum Gasteiger partial charge on any atom is -0.344 e. The van der Waals surface area contributed by atoms with Crippen LogP contribution in [-0.2, 0) is 9.59 Å². The van der Waals surface area contributed by atoms with Gasteiger partial charge in [-0.1, -0.05) is 49.1 Å². The molecule has 2 amide bonds. The highest BCUT2D eigenvalue weighted by molar-refractivity contribution is 6.31. The Labute approximate surface area is 172 Å². The van der Waals surface area contributed by atoms with E-state index in [2.05, 4.69) is 10.6 Å². The Morgan fingerprint density at radius 1 is 1.22 bits per heavy atom. The van der Waals surface area contributed by atoms with Crippen LogP contribution >= 0.6 is 24.0 Å². The van der Waals surface area contributed by atoms with E-state index in [-0.39, 0.29) is 36.2 Å². The molecule has 2 aliphatic rings. The first-order valence-electron chi connectivity index (χ1n) is 9.64. The van der Waals surface area contributed by atoms with Gasteiger partial charge in [0.25, 0.3) is 0 Å². The first-order chi connectivity index (χ1) is 12.6. The van der Waals surface area contributed by atoms with E-state index >= 15 is 0 Å². The summed E-state index contributed by atoms with van der Waals surface area (Å²) >= 11 is 6.36. The van der Waals surface area contributed by atoms with Crippen LogP contribution in [0.2, 0.25) is 5.02 Å². The van der Waals surface area contributed by atoms with Crippen molar-refractivity contribution in [2.75, 3.05) is 19.6 Å². The maximum atomic E-state index is 13.1. The first-order valence-corrected chi connectivity index (χ1v) is 10.0. The molecule has 27 heavy (non-hydrogen) atoms. The highest BCUT2D eigenvalue weighted by Gasteiger charge is 2.33. The van der Waals surface area contributed by atoms with E-state index in [4.69, 9.17) is 11.6 Å². The Bertz CT molecular complexity index is 650. The van der Waals surface area contributed by atoms with E-state index in [1.165, 1.54) is 6.42 Å². The number of benzene rings is 1. The number of carbonyl (C=O) groups is 2. The number of hydrogen-bond acceptors (Lipinski definition) is 3. The second kappa shape index (κ2) is 10.3. The van der Waals surface area contributed by atoms with E-state index in [0.717, 1.165) is 37.8 Å². The monoisotopic (exact) mass is 413 g/mol. The number of amides is 2. The molecule has 0 bridgehead atoms. The van der Waals surface area contributed by atoms with E-state index in [1.54, 1.807) is 6.92 Å². The Morgan fingerprint density at radius 2 is 1.93 bits per heavy atom. The van der Waals surface area contributed by atoms with Crippen LogP contribution < -0.4 is 10.6 Å². The molecule has 7 heteroatoms. The van der Waals surface area contributed by atoms with Crippen LogP contribution in [0.15, 0.2) is 24.3 Å². The van der Waals surface area contributed by atoms with Gasteiger partial charge in [-0.2, -0.15) is 0 Å². The molecule has 2 N–H and O–H groups in total. The summed E-state index contributed by atoms with van der Waals surface area (Å²) < 4.78 is 0. The van der Waals surface area contributed by atoms with Crippen molar-refractivity contribution in [1.82, 2.24) is 15.5 Å². The third kappa shape index (κ3) is 5.37. The quantitative estimate of drug-likeness (QED) is 0.795. The lowest BCUT2D eigenvalue weighted by Gasteiger charge is -2.38. The molecule has 1 saturated heterocycles. The summed E-state index contributed by atoms with van der Waals surface area (Å²) in [5, 5.41) is 6.95. The van der Waals surface area contributed by atoms with Gasteiger partial charge in [0.1, 0.15) is 6.04 Å². The van der Waals surface area contributed by atoms with E-state index in [1.807, 2.05) is 29.2 Å². The molecule has 1 aromatic rings. The molecule has 1 aliphatic heterocycles. The second-order valence-electron chi connectivity index (χ2n) is 7.34. The number of hydrogen-bond donors (Lipinski definition) is 2. The molecule has 0 spiro atoms. The molecule has 0 aromatic heterocycles. The molecule has 5 nitrogen and oxygen atoms in total. The average molecular weight is 414 g/mol. The van der Waals surface area contributed by atoms with Gasteiger partial charge in [0.15, 0.2) is 0 Å². The van der Waals surface area contributed by atoms with Crippen molar-refractivity contribution in [2.45, 2.75) is 51.1 Å². The van der Waals surface area contributed by atoms with Crippen LogP contribution in [0.5, 0.6) is 0 Å². The molecule has 2 atom stereocenters. The van der Waals surface area contributed by atoms with Gasteiger partial charge in [0, 0.05) is 30.6 Å². The summed E-state index contributed by atoms with van der Waals surface area (Å²) in [5.74, 6) is 0.0388. The SMILES string of the molecule is C[C@H](NC(=O)C1CCCCC1)C(=O)N1CCNCC1c1ccccc1Cl.Cl. The van der Waals surface area contributed by atoms with Gasteiger partial charge in [-0.3, -0.25) is 9.59 Å². The van der Waals surface area contributed by atoms with Crippen LogP contribution in [-0.4, -0.2) is 42.4 Å². The number of nitrogens with zero attached hydrogens (tertiary/aromatic N) is 1. The fourth-order valence-corrected chi connectivity index (χ4v) is 4.26. The van der Waals surface area contributed by atoms with Gasteiger partial charge >= 0.3 is 0 Å². The number of nitrogens with one attached hydrogen (secondary N) is 2. The molecule has 1 aliphatic carbocycles. The van der Waals surface area contributed by atoms with Crippen molar-refractivity contribution in [1.29, 1.82) is 0 Å². The molecule has 1 unspecified atom stereocenters. The third-order valence-electron chi connectivity index (χ3n) is 5.50. The maximum absolute atomic E-state index is 13.1. The molecule has 1 aromatic carbocycles. The summed E-state index contributed by atoms with van der Waals surface area (Å²) in [6.45, 7) is 3.81. The largest absolute Gasteiger partial charge is 0.344 e. The average Bonchev–Trinajstić information content (AvgIpc) is 2.68. The van der Waals surface area contributed by atoms with Gasteiger partial charge in [-0.15, -0.1) is 12.4 Å². The first kappa shape index (κ1) is 22.0. The van der Waals surface area contributed by atoms with Crippen LogP contribution in [0.1, 0.15) is 50.6 Å². The smallest absolute Gasteiger partial charge is 0.245 e. The number of carbonyl (C=O) groups excluding carboxylic acids is 2. The lowest BCUT2D eigenvalue weighted by molar-refractivity contribution is -0.139. The van der Waals surface area contributed by atoms with Gasteiger partial charge in [-0.25, -0.2) is 0 Å². The zero-order valence-corrected chi connectivity index (χ0v) is 17.3. The Balaban J connectivity index is 0.00000261. The molecule has 2 fully saturated rings. The van der Waals surface area contributed by atoms with Crippen molar-refractivity contribution in [3.8, 4) is 0 Å². The zero-order valence-electron chi connectivity index (χ0n) is 15.7. The van der Waals surface area contributed by atoms with Gasteiger partial charge in [0.05, 0.1) is 6.04 Å². The fourth-order valence-electron chi connectivity index (χ4n) is 4.00. The van der Waals surface area contributed by atoms with Crippen LogP contribution in [0, 0.1) is 5.92 Å². The molecule has 3 rings (SSSR count). The normalized spacial score (nSPS) is 21.9.